The monoisotopic (exact) mass is 564 g/mol. The molecule has 3 heterocycles. The van der Waals surface area contributed by atoms with Crippen molar-refractivity contribution in [2.75, 3.05) is 18.5 Å². The number of nitrogens with one attached hydrogen (secondary N) is 2. The molecule has 2 N–H and O–H groups in total. The number of carbonyl (C=O) groups excluding carboxylic acids is 2. The van der Waals surface area contributed by atoms with E-state index in [1.807, 2.05) is 50.6 Å². The van der Waals surface area contributed by atoms with Crippen LogP contribution in [-0.2, 0) is 20.8 Å². The lowest BCUT2D eigenvalue weighted by Gasteiger charge is -2.19. The van der Waals surface area contributed by atoms with E-state index in [0.717, 1.165) is 11.4 Å². The lowest BCUT2D eigenvalue weighted by molar-refractivity contribution is -0.151. The van der Waals surface area contributed by atoms with Gasteiger partial charge in [-0.2, -0.15) is 10.1 Å². The van der Waals surface area contributed by atoms with Gasteiger partial charge in [-0.25, -0.2) is 19.6 Å². The van der Waals surface area contributed by atoms with Gasteiger partial charge in [0.05, 0.1) is 24.7 Å². The van der Waals surface area contributed by atoms with Gasteiger partial charge >= 0.3 is 12.1 Å². The number of fused-ring (bicyclic) bond motifs is 1. The Bertz CT molecular complexity index is 1460. The van der Waals surface area contributed by atoms with E-state index in [4.69, 9.17) is 14.2 Å². The van der Waals surface area contributed by atoms with Gasteiger partial charge in [-0.1, -0.05) is 6.92 Å². The number of hydrogen-bond acceptors (Lipinski definition) is 10. The molecule has 13 nitrogen and oxygen atoms in total. The molecular weight excluding hydrogens is 528 g/mol. The maximum atomic E-state index is 12.1. The molecule has 4 aromatic rings. The van der Waals surface area contributed by atoms with Gasteiger partial charge in [0.2, 0.25) is 5.95 Å². The first kappa shape index (κ1) is 29.3. The molecule has 0 spiro atoms. The van der Waals surface area contributed by atoms with Crippen LogP contribution in [0.25, 0.3) is 16.9 Å². The number of rotatable bonds is 12. The van der Waals surface area contributed by atoms with Crippen LogP contribution in [0, 0.1) is 0 Å². The fourth-order valence-corrected chi connectivity index (χ4v) is 3.87. The van der Waals surface area contributed by atoms with Crippen molar-refractivity contribution in [2.45, 2.75) is 65.7 Å². The Morgan fingerprint density at radius 3 is 2.56 bits per heavy atom. The summed E-state index contributed by atoms with van der Waals surface area (Å²) in [5.41, 5.74) is 2.28. The Kier molecular flexibility index (Phi) is 9.37. The minimum Gasteiger partial charge on any atom is -0.479 e. The number of imidazole rings is 1. The van der Waals surface area contributed by atoms with E-state index in [-0.39, 0.29) is 5.97 Å². The van der Waals surface area contributed by atoms with Crippen LogP contribution in [0.2, 0.25) is 0 Å². The van der Waals surface area contributed by atoms with Crippen molar-refractivity contribution in [3.05, 3.63) is 49.2 Å². The number of amides is 1. The molecule has 4 rings (SSSR count). The predicted octanol–water partition coefficient (Wildman–Crippen LogP) is 4.39. The Morgan fingerprint density at radius 2 is 1.85 bits per heavy atom. The Hall–Kier alpha value is -4.68. The van der Waals surface area contributed by atoms with E-state index < -0.39 is 17.8 Å². The summed E-state index contributed by atoms with van der Waals surface area (Å²) in [6.07, 6.45) is 6.95. The molecular formula is C28H36N8O5. The lowest BCUT2D eigenvalue weighted by atomic mass is 10.2. The molecule has 0 saturated carbocycles. The Labute approximate surface area is 238 Å². The number of carbonyl (C=O) groups is 2. The third-order valence-electron chi connectivity index (χ3n) is 5.73. The molecule has 13 heteroatoms. The SMILES string of the molecule is CCOC(=O)C(CC)Oc1ccc(-n2cnc3cnc(Nc4cnn(CCCNC(=O)OC(C)(C)C)c4)nc32)cc1. The smallest absolute Gasteiger partial charge is 0.407 e. The van der Waals surface area contributed by atoms with E-state index in [9.17, 15) is 9.59 Å². The summed E-state index contributed by atoms with van der Waals surface area (Å²) in [5.74, 6) is 0.579. The molecule has 1 amide bonds. The average Bonchev–Trinajstić information content (AvgIpc) is 3.56. The van der Waals surface area contributed by atoms with Crippen LogP contribution in [0.15, 0.2) is 49.2 Å². The van der Waals surface area contributed by atoms with Crippen molar-refractivity contribution in [3.8, 4) is 11.4 Å². The van der Waals surface area contributed by atoms with Crippen molar-refractivity contribution in [1.29, 1.82) is 0 Å². The maximum absolute atomic E-state index is 12.1. The number of benzene rings is 1. The molecule has 1 aromatic carbocycles. The number of hydrogen-bond donors (Lipinski definition) is 2. The van der Waals surface area contributed by atoms with Crippen LogP contribution in [-0.4, -0.2) is 66.2 Å². The summed E-state index contributed by atoms with van der Waals surface area (Å²) in [4.78, 5) is 37.3. The second-order valence-electron chi connectivity index (χ2n) is 10.2. The van der Waals surface area contributed by atoms with Crippen LogP contribution in [0.5, 0.6) is 5.75 Å². The summed E-state index contributed by atoms with van der Waals surface area (Å²) in [5, 5.41) is 10.3. The van der Waals surface area contributed by atoms with Gasteiger partial charge in [0.1, 0.15) is 23.2 Å². The van der Waals surface area contributed by atoms with Crippen molar-refractivity contribution < 1.29 is 23.8 Å². The summed E-state index contributed by atoms with van der Waals surface area (Å²) in [7, 11) is 0. The van der Waals surface area contributed by atoms with Crippen molar-refractivity contribution >= 4 is 34.9 Å². The zero-order chi connectivity index (χ0) is 29.4. The molecule has 3 aromatic heterocycles. The second kappa shape index (κ2) is 13.1. The summed E-state index contributed by atoms with van der Waals surface area (Å²) >= 11 is 0. The minimum absolute atomic E-state index is 0.307. The first-order valence-electron chi connectivity index (χ1n) is 13.6. The number of aromatic nitrogens is 6. The summed E-state index contributed by atoms with van der Waals surface area (Å²) in [6.45, 7) is 10.5. The first-order valence-corrected chi connectivity index (χ1v) is 13.6. The standard InChI is InChI=1S/C28H36N8O5/c1-6-23(25(37)39-7-2)40-21-11-9-20(10-12-21)36-18-31-22-16-30-26(34-24(22)36)33-19-15-32-35(17-19)14-8-13-29-27(38)41-28(3,4)5/h9-12,15-18,23H,6-8,13-14H2,1-5H3,(H,29,38)(H,30,33,34). The van der Waals surface area contributed by atoms with Crippen LogP contribution in [0.1, 0.15) is 47.5 Å². The number of anilines is 2. The Morgan fingerprint density at radius 1 is 1.07 bits per heavy atom. The molecule has 1 unspecified atom stereocenters. The van der Waals surface area contributed by atoms with Gasteiger partial charge in [-0.3, -0.25) is 9.25 Å². The highest BCUT2D eigenvalue weighted by Gasteiger charge is 2.20. The normalized spacial score (nSPS) is 12.1. The highest BCUT2D eigenvalue weighted by Crippen LogP contribution is 2.22. The topological polar surface area (TPSA) is 147 Å². The Balaban J connectivity index is 1.36. The zero-order valence-electron chi connectivity index (χ0n) is 24.0. The number of aryl methyl sites for hydroxylation is 1. The van der Waals surface area contributed by atoms with E-state index in [2.05, 4.69) is 30.7 Å². The maximum Gasteiger partial charge on any atom is 0.407 e. The number of ether oxygens (including phenoxy) is 3. The third-order valence-corrected chi connectivity index (χ3v) is 5.73. The quantitative estimate of drug-likeness (QED) is 0.187. The number of esters is 1. The first-order chi connectivity index (χ1) is 19.6. The highest BCUT2D eigenvalue weighted by molar-refractivity contribution is 5.75. The fraction of sp³-hybridized carbons (Fsp3) is 0.429. The molecule has 41 heavy (non-hydrogen) atoms. The van der Waals surface area contributed by atoms with Gasteiger partial charge in [0, 0.05) is 25.0 Å². The van der Waals surface area contributed by atoms with E-state index in [1.165, 1.54) is 0 Å². The largest absolute Gasteiger partial charge is 0.479 e. The van der Waals surface area contributed by atoms with Crippen LogP contribution in [0.4, 0.5) is 16.4 Å². The van der Waals surface area contributed by atoms with Crippen molar-refractivity contribution in [3.63, 3.8) is 0 Å². The molecule has 0 bridgehead atoms. The highest BCUT2D eigenvalue weighted by atomic mass is 16.6. The predicted molar refractivity (Wildman–Crippen MR) is 152 cm³/mol. The molecule has 0 aliphatic heterocycles. The van der Waals surface area contributed by atoms with Crippen LogP contribution >= 0.6 is 0 Å². The zero-order valence-corrected chi connectivity index (χ0v) is 24.0. The van der Waals surface area contributed by atoms with Gasteiger partial charge < -0.3 is 24.8 Å². The molecule has 0 saturated heterocycles. The lowest BCUT2D eigenvalue weighted by Crippen LogP contribution is -2.33. The summed E-state index contributed by atoms with van der Waals surface area (Å²) < 4.78 is 19.7. The number of alkyl carbamates (subject to hydrolysis) is 1. The second-order valence-corrected chi connectivity index (χ2v) is 10.2. The van der Waals surface area contributed by atoms with Crippen molar-refractivity contribution in [1.82, 2.24) is 34.6 Å². The molecule has 0 aliphatic carbocycles. The number of nitrogens with zero attached hydrogens (tertiary/aromatic N) is 6. The molecule has 0 radical (unpaired) electrons. The molecule has 0 aliphatic rings. The van der Waals surface area contributed by atoms with E-state index in [0.29, 0.717) is 55.4 Å². The van der Waals surface area contributed by atoms with Gasteiger partial charge in [0.15, 0.2) is 11.8 Å². The minimum atomic E-state index is -0.658. The molecule has 1 atom stereocenters. The van der Waals surface area contributed by atoms with E-state index >= 15 is 0 Å². The van der Waals surface area contributed by atoms with Crippen LogP contribution in [0.3, 0.4) is 0 Å². The van der Waals surface area contributed by atoms with Gasteiger partial charge in [0.25, 0.3) is 0 Å². The van der Waals surface area contributed by atoms with Crippen molar-refractivity contribution in [2.24, 2.45) is 0 Å². The third kappa shape index (κ3) is 8.16. The van der Waals surface area contributed by atoms with E-state index in [1.54, 1.807) is 42.5 Å². The summed E-state index contributed by atoms with van der Waals surface area (Å²) in [6, 6.07) is 7.32. The van der Waals surface area contributed by atoms with Crippen LogP contribution < -0.4 is 15.4 Å². The average molecular weight is 565 g/mol. The van der Waals surface area contributed by atoms with Gasteiger partial charge in [-0.15, -0.1) is 0 Å². The molecule has 218 valence electrons. The molecule has 0 fully saturated rings. The van der Waals surface area contributed by atoms with Gasteiger partial charge in [-0.05, 0) is 64.8 Å². The fourth-order valence-electron chi connectivity index (χ4n) is 3.87.